The van der Waals surface area contributed by atoms with E-state index in [1.807, 2.05) is 24.3 Å². The highest BCUT2D eigenvalue weighted by molar-refractivity contribution is 9.10. The predicted octanol–water partition coefficient (Wildman–Crippen LogP) is 4.76. The van der Waals surface area contributed by atoms with E-state index in [0.29, 0.717) is 22.7 Å². The first-order valence-electron chi connectivity index (χ1n) is 9.71. The van der Waals surface area contributed by atoms with Crippen LogP contribution in [0.15, 0.2) is 76.3 Å². The van der Waals surface area contributed by atoms with Gasteiger partial charge in [-0.05, 0) is 66.2 Å². The number of carbonyl (C=O) groups excluding carboxylic acids is 2. The molecule has 0 bridgehead atoms. The molecule has 0 spiro atoms. The molecule has 8 heteroatoms. The highest BCUT2D eigenvalue weighted by Crippen LogP contribution is 2.23. The third-order valence-electron chi connectivity index (χ3n) is 4.34. The number of hydrazone groups is 1. The Kier molecular flexibility index (Phi) is 7.99. The molecule has 2 amide bonds. The molecular weight excluding hydrogens is 474 g/mol. The molecule has 0 aliphatic carbocycles. The van der Waals surface area contributed by atoms with Crippen molar-refractivity contribution in [3.63, 3.8) is 0 Å². The molecule has 0 unspecified atom stereocenters. The van der Waals surface area contributed by atoms with Gasteiger partial charge in [0, 0.05) is 28.2 Å². The molecule has 0 saturated heterocycles. The lowest BCUT2D eigenvalue weighted by Crippen LogP contribution is -2.17. The van der Waals surface area contributed by atoms with E-state index in [1.54, 1.807) is 55.8 Å². The van der Waals surface area contributed by atoms with Crippen molar-refractivity contribution in [3.8, 4) is 11.5 Å². The molecule has 32 heavy (non-hydrogen) atoms. The molecule has 0 radical (unpaired) electrons. The average molecular weight is 496 g/mol. The van der Waals surface area contributed by atoms with Gasteiger partial charge in [0.1, 0.15) is 18.1 Å². The van der Waals surface area contributed by atoms with Crippen LogP contribution in [0.25, 0.3) is 0 Å². The van der Waals surface area contributed by atoms with Gasteiger partial charge in [0.05, 0.1) is 13.3 Å². The van der Waals surface area contributed by atoms with Crippen LogP contribution in [0, 0.1) is 0 Å². The Balaban J connectivity index is 1.64. The lowest BCUT2D eigenvalue weighted by Gasteiger charge is -2.12. The molecule has 3 aromatic carbocycles. The van der Waals surface area contributed by atoms with Crippen LogP contribution >= 0.6 is 15.9 Å². The number of hydrogen-bond donors (Lipinski definition) is 2. The Labute approximate surface area is 194 Å². The fourth-order valence-corrected chi connectivity index (χ4v) is 3.25. The van der Waals surface area contributed by atoms with Crippen molar-refractivity contribution in [1.29, 1.82) is 0 Å². The Morgan fingerprint density at radius 1 is 1.06 bits per heavy atom. The quantitative estimate of drug-likeness (QED) is 0.348. The number of anilines is 1. The first kappa shape index (κ1) is 23.0. The number of carbonyl (C=O) groups is 2. The Morgan fingerprint density at radius 2 is 1.84 bits per heavy atom. The van der Waals surface area contributed by atoms with Crippen LogP contribution in [0.3, 0.4) is 0 Å². The topological polar surface area (TPSA) is 89.0 Å². The van der Waals surface area contributed by atoms with E-state index in [4.69, 9.17) is 9.47 Å². The van der Waals surface area contributed by atoms with E-state index in [0.717, 1.165) is 15.6 Å². The largest absolute Gasteiger partial charge is 0.496 e. The van der Waals surface area contributed by atoms with Crippen molar-refractivity contribution in [2.75, 3.05) is 12.4 Å². The van der Waals surface area contributed by atoms with Crippen LogP contribution in [0.5, 0.6) is 11.5 Å². The molecule has 2 N–H and O–H groups in total. The summed E-state index contributed by atoms with van der Waals surface area (Å²) in [5.41, 5.74) is 5.32. The number of ether oxygens (including phenoxy) is 2. The lowest BCUT2D eigenvalue weighted by atomic mass is 10.1. The third-order valence-corrected chi connectivity index (χ3v) is 4.83. The summed E-state index contributed by atoms with van der Waals surface area (Å²) in [6.45, 7) is 1.73. The molecule has 0 aliphatic heterocycles. The van der Waals surface area contributed by atoms with Crippen molar-refractivity contribution in [3.05, 3.63) is 87.9 Å². The van der Waals surface area contributed by atoms with E-state index in [9.17, 15) is 9.59 Å². The second-order valence-corrected chi connectivity index (χ2v) is 7.69. The Morgan fingerprint density at radius 3 is 2.53 bits per heavy atom. The second-order valence-electron chi connectivity index (χ2n) is 6.77. The van der Waals surface area contributed by atoms with Gasteiger partial charge in [0.15, 0.2) is 0 Å². The number of benzene rings is 3. The van der Waals surface area contributed by atoms with Gasteiger partial charge in [-0.25, -0.2) is 5.43 Å². The standard InChI is InChI=1S/C24H22BrN3O4/c1-16(29)27-21-7-9-22(10-8-21)32-15-19-12-17(6-11-23(19)31-2)14-26-28-24(30)18-4-3-5-20(25)13-18/h3-14H,15H2,1-2H3,(H,27,29)(H,28,30)/b26-14+. The summed E-state index contributed by atoms with van der Waals surface area (Å²) in [7, 11) is 1.59. The molecule has 0 saturated carbocycles. The van der Waals surface area contributed by atoms with Crippen molar-refractivity contribution in [2.24, 2.45) is 5.10 Å². The van der Waals surface area contributed by atoms with Crippen molar-refractivity contribution in [1.82, 2.24) is 5.43 Å². The number of halogens is 1. The van der Waals surface area contributed by atoms with Gasteiger partial charge in [0.2, 0.25) is 5.91 Å². The number of nitrogens with zero attached hydrogens (tertiary/aromatic N) is 1. The maximum absolute atomic E-state index is 12.2. The molecule has 0 atom stereocenters. The second kappa shape index (κ2) is 11.1. The Hall–Kier alpha value is -3.65. The lowest BCUT2D eigenvalue weighted by molar-refractivity contribution is -0.114. The fourth-order valence-electron chi connectivity index (χ4n) is 2.85. The highest BCUT2D eigenvalue weighted by atomic mass is 79.9. The van der Waals surface area contributed by atoms with Gasteiger partial charge in [-0.15, -0.1) is 0 Å². The maximum Gasteiger partial charge on any atom is 0.271 e. The van der Waals surface area contributed by atoms with E-state index >= 15 is 0 Å². The van der Waals surface area contributed by atoms with Crippen LogP contribution in [-0.4, -0.2) is 25.1 Å². The van der Waals surface area contributed by atoms with E-state index in [-0.39, 0.29) is 18.4 Å². The average Bonchev–Trinajstić information content (AvgIpc) is 2.78. The molecule has 3 aromatic rings. The zero-order valence-electron chi connectivity index (χ0n) is 17.6. The van der Waals surface area contributed by atoms with Crippen molar-refractivity contribution < 1.29 is 19.1 Å². The van der Waals surface area contributed by atoms with Gasteiger partial charge in [-0.1, -0.05) is 22.0 Å². The molecule has 0 aromatic heterocycles. The SMILES string of the molecule is COc1ccc(/C=N/NC(=O)c2cccc(Br)c2)cc1COc1ccc(NC(C)=O)cc1. The van der Waals surface area contributed by atoms with Crippen molar-refractivity contribution in [2.45, 2.75) is 13.5 Å². The van der Waals surface area contributed by atoms with Crippen molar-refractivity contribution >= 4 is 39.6 Å². The highest BCUT2D eigenvalue weighted by Gasteiger charge is 2.07. The number of rotatable bonds is 8. The van der Waals surface area contributed by atoms with E-state index in [2.05, 4.69) is 31.8 Å². The number of nitrogens with one attached hydrogen (secondary N) is 2. The van der Waals surface area contributed by atoms with Crippen LogP contribution in [0.1, 0.15) is 28.4 Å². The third kappa shape index (κ3) is 6.68. The number of amides is 2. The van der Waals surface area contributed by atoms with Crippen LogP contribution in [-0.2, 0) is 11.4 Å². The minimum Gasteiger partial charge on any atom is -0.496 e. The first-order chi connectivity index (χ1) is 15.4. The van der Waals surface area contributed by atoms with Gasteiger partial charge in [0.25, 0.3) is 5.91 Å². The summed E-state index contributed by atoms with van der Waals surface area (Å²) in [5.74, 6) is 0.897. The summed E-state index contributed by atoms with van der Waals surface area (Å²) in [6.07, 6.45) is 1.56. The normalized spacial score (nSPS) is 10.6. The van der Waals surface area contributed by atoms with Gasteiger partial charge in [-0.3, -0.25) is 9.59 Å². The summed E-state index contributed by atoms with van der Waals surface area (Å²) in [6, 6.07) is 19.7. The predicted molar refractivity (Wildman–Crippen MR) is 127 cm³/mol. The molecule has 0 aliphatic rings. The molecule has 7 nitrogen and oxygen atoms in total. The summed E-state index contributed by atoms with van der Waals surface area (Å²) in [5, 5.41) is 6.75. The molecule has 164 valence electrons. The fraction of sp³-hybridized carbons (Fsp3) is 0.125. The monoisotopic (exact) mass is 495 g/mol. The van der Waals surface area contributed by atoms with Gasteiger partial charge in [-0.2, -0.15) is 5.10 Å². The molecule has 3 rings (SSSR count). The van der Waals surface area contributed by atoms with Crippen LogP contribution < -0.4 is 20.2 Å². The van der Waals surface area contributed by atoms with Gasteiger partial charge < -0.3 is 14.8 Å². The molecule has 0 fully saturated rings. The zero-order valence-corrected chi connectivity index (χ0v) is 19.2. The van der Waals surface area contributed by atoms with E-state index in [1.165, 1.54) is 6.92 Å². The Bertz CT molecular complexity index is 1130. The van der Waals surface area contributed by atoms with E-state index < -0.39 is 0 Å². The number of hydrogen-bond acceptors (Lipinski definition) is 5. The van der Waals surface area contributed by atoms with Gasteiger partial charge >= 0.3 is 0 Å². The summed E-state index contributed by atoms with van der Waals surface area (Å²) in [4.78, 5) is 23.3. The van der Waals surface area contributed by atoms with Crippen LogP contribution in [0.4, 0.5) is 5.69 Å². The molecule has 0 heterocycles. The maximum atomic E-state index is 12.2. The summed E-state index contributed by atoms with van der Waals surface area (Å²) >= 11 is 3.34. The summed E-state index contributed by atoms with van der Waals surface area (Å²) < 4.78 is 12.1. The zero-order chi connectivity index (χ0) is 22.9. The van der Waals surface area contributed by atoms with Crippen LogP contribution in [0.2, 0.25) is 0 Å². The number of methoxy groups -OCH3 is 1. The first-order valence-corrected chi connectivity index (χ1v) is 10.5. The minimum absolute atomic E-state index is 0.130. The molecular formula is C24H22BrN3O4. The smallest absolute Gasteiger partial charge is 0.271 e. The minimum atomic E-state index is -0.303.